The Morgan fingerprint density at radius 3 is 2.46 bits per heavy atom. The van der Waals surface area contributed by atoms with Gasteiger partial charge in [0.2, 0.25) is 0 Å². The van der Waals surface area contributed by atoms with Gasteiger partial charge in [-0.2, -0.15) is 0 Å². The second kappa shape index (κ2) is 11.9. The maximum Gasteiger partial charge on any atom is 0.255 e. The topological polar surface area (TPSA) is 103 Å². The number of carbonyl (C=O) groups excluding carboxylic acids is 2. The smallest absolute Gasteiger partial charge is 0.255 e. The normalized spacial score (nSPS) is 11.3. The van der Waals surface area contributed by atoms with Gasteiger partial charge in [0.15, 0.2) is 0 Å². The van der Waals surface area contributed by atoms with Gasteiger partial charge >= 0.3 is 0 Å². The van der Waals surface area contributed by atoms with E-state index in [-0.39, 0.29) is 18.4 Å². The molecule has 4 rings (SSSR count). The number of hydrogen-bond donors (Lipinski definition) is 4. The van der Waals surface area contributed by atoms with Gasteiger partial charge in [-0.25, -0.2) is 0 Å². The van der Waals surface area contributed by atoms with Gasteiger partial charge in [-0.1, -0.05) is 30.0 Å². The molecule has 1 heterocycles. The summed E-state index contributed by atoms with van der Waals surface area (Å²) in [4.78, 5) is 28.2. The van der Waals surface area contributed by atoms with E-state index >= 15 is 0 Å². The number of aliphatic hydroxyl groups is 1. The lowest BCUT2D eigenvalue weighted by molar-refractivity contribution is 0.0911. The largest absolute Gasteiger partial charge is 0.493 e. The van der Waals surface area contributed by atoms with E-state index in [2.05, 4.69) is 27.5 Å². The Labute approximate surface area is 215 Å². The van der Waals surface area contributed by atoms with Gasteiger partial charge in [-0.3, -0.25) is 9.59 Å². The second-order valence-electron chi connectivity index (χ2n) is 8.47. The maximum atomic E-state index is 13.3. The summed E-state index contributed by atoms with van der Waals surface area (Å²) in [5, 5.41) is 16.6. The highest BCUT2D eigenvalue weighted by molar-refractivity contribution is 5.97. The van der Waals surface area contributed by atoms with Crippen molar-refractivity contribution in [2.75, 3.05) is 20.3 Å². The number of aromatic amines is 1. The molecule has 3 aromatic carbocycles. The summed E-state index contributed by atoms with van der Waals surface area (Å²) in [5.41, 5.74) is 4.31. The zero-order chi connectivity index (χ0) is 26.2. The first-order valence-corrected chi connectivity index (χ1v) is 12.1. The molecule has 1 atom stereocenters. The van der Waals surface area contributed by atoms with Gasteiger partial charge in [-0.05, 0) is 67.4 Å². The average molecular weight is 496 g/mol. The van der Waals surface area contributed by atoms with Crippen molar-refractivity contribution in [1.82, 2.24) is 15.6 Å². The molecule has 0 saturated heterocycles. The van der Waals surface area contributed by atoms with E-state index in [9.17, 15) is 14.7 Å². The lowest BCUT2D eigenvalue weighted by atomic mass is 10.0. The zero-order valence-corrected chi connectivity index (χ0v) is 20.8. The van der Waals surface area contributed by atoms with Crippen LogP contribution in [-0.2, 0) is 6.42 Å². The van der Waals surface area contributed by atoms with Crippen LogP contribution in [0.25, 0.3) is 10.9 Å². The lowest BCUT2D eigenvalue weighted by Crippen LogP contribution is -2.39. The maximum absolute atomic E-state index is 13.3. The minimum absolute atomic E-state index is 0.160. The zero-order valence-electron chi connectivity index (χ0n) is 20.8. The number of aliphatic hydroxyl groups excluding tert-OH is 1. The monoisotopic (exact) mass is 495 g/mol. The van der Waals surface area contributed by atoms with Gasteiger partial charge in [-0.15, -0.1) is 0 Å². The van der Waals surface area contributed by atoms with Crippen molar-refractivity contribution in [2.45, 2.75) is 19.4 Å². The van der Waals surface area contributed by atoms with E-state index in [1.54, 1.807) is 49.5 Å². The number of carbonyl (C=O) groups is 2. The summed E-state index contributed by atoms with van der Waals surface area (Å²) in [6, 6.07) is 19.6. The van der Waals surface area contributed by atoms with Crippen LogP contribution in [0.4, 0.5) is 0 Å². The number of nitrogens with one attached hydrogen (secondary N) is 3. The highest BCUT2D eigenvalue weighted by Crippen LogP contribution is 2.22. The third kappa shape index (κ3) is 6.18. The number of H-pyrrole nitrogens is 1. The standard InChI is InChI=1S/C30H29N3O4/c1-3-37-28-15-12-21(9-8-20-10-13-22(14-11-20)29(35)31-2)16-26(28)30(36)33-24(19-34)17-23-18-32-27-7-5-4-6-25(23)27/h4-7,10-16,18,24,32,34H,3,17,19H2,1-2H3,(H,31,35)(H,33,36). The first-order valence-electron chi connectivity index (χ1n) is 12.1. The van der Waals surface area contributed by atoms with Crippen LogP contribution in [0.1, 0.15) is 44.3 Å². The van der Waals surface area contributed by atoms with Crippen LogP contribution in [-0.4, -0.2) is 48.2 Å². The summed E-state index contributed by atoms with van der Waals surface area (Å²) in [7, 11) is 1.58. The molecule has 1 unspecified atom stereocenters. The Hall–Kier alpha value is -4.54. The molecule has 2 amide bonds. The summed E-state index contributed by atoms with van der Waals surface area (Å²) in [6.07, 6.45) is 2.38. The number of ether oxygens (including phenoxy) is 1. The average Bonchev–Trinajstić information content (AvgIpc) is 3.34. The minimum Gasteiger partial charge on any atom is -0.493 e. The predicted molar refractivity (Wildman–Crippen MR) is 144 cm³/mol. The van der Waals surface area contributed by atoms with Crippen molar-refractivity contribution in [2.24, 2.45) is 0 Å². The number of amides is 2. The molecule has 7 nitrogen and oxygen atoms in total. The van der Waals surface area contributed by atoms with Crippen LogP contribution in [0, 0.1) is 11.8 Å². The molecule has 0 aliphatic rings. The molecule has 0 saturated carbocycles. The quantitative estimate of drug-likeness (QED) is 0.280. The molecular formula is C30H29N3O4. The van der Waals surface area contributed by atoms with Crippen LogP contribution in [0.5, 0.6) is 5.75 Å². The highest BCUT2D eigenvalue weighted by Gasteiger charge is 2.19. The molecule has 0 spiro atoms. The molecule has 0 radical (unpaired) electrons. The molecule has 188 valence electrons. The Morgan fingerprint density at radius 2 is 1.73 bits per heavy atom. The van der Waals surface area contributed by atoms with Crippen LogP contribution in [0.15, 0.2) is 72.9 Å². The number of benzene rings is 3. The summed E-state index contributed by atoms with van der Waals surface area (Å²) in [5.74, 6) is 6.08. The van der Waals surface area contributed by atoms with Crippen molar-refractivity contribution in [1.29, 1.82) is 0 Å². The second-order valence-corrected chi connectivity index (χ2v) is 8.47. The van der Waals surface area contributed by atoms with Gasteiger partial charge in [0.1, 0.15) is 5.75 Å². The first kappa shape index (κ1) is 25.5. The Morgan fingerprint density at radius 1 is 1.00 bits per heavy atom. The fourth-order valence-electron chi connectivity index (χ4n) is 4.05. The fourth-order valence-corrected chi connectivity index (χ4v) is 4.05. The lowest BCUT2D eigenvalue weighted by Gasteiger charge is -2.18. The van der Waals surface area contributed by atoms with Crippen LogP contribution < -0.4 is 15.4 Å². The molecule has 0 fully saturated rings. The van der Waals surface area contributed by atoms with Crippen molar-refractivity contribution in [3.63, 3.8) is 0 Å². The van der Waals surface area contributed by atoms with Gasteiger partial charge in [0, 0.05) is 40.8 Å². The van der Waals surface area contributed by atoms with E-state index in [0.29, 0.717) is 35.5 Å². The van der Waals surface area contributed by atoms with Gasteiger partial charge in [0.05, 0.1) is 24.8 Å². The van der Waals surface area contributed by atoms with Crippen LogP contribution in [0.3, 0.4) is 0 Å². The number of hydrogen-bond acceptors (Lipinski definition) is 4. The molecule has 0 aliphatic heterocycles. The predicted octanol–water partition coefficient (Wildman–Crippen LogP) is 3.66. The van der Waals surface area contributed by atoms with Gasteiger partial charge < -0.3 is 25.5 Å². The Bertz CT molecular complexity index is 1460. The van der Waals surface area contributed by atoms with Crippen LogP contribution >= 0.6 is 0 Å². The van der Waals surface area contributed by atoms with Crippen molar-refractivity contribution >= 4 is 22.7 Å². The van der Waals surface area contributed by atoms with E-state index in [0.717, 1.165) is 22.0 Å². The third-order valence-corrected chi connectivity index (χ3v) is 5.95. The summed E-state index contributed by atoms with van der Waals surface area (Å²) >= 11 is 0. The first-order chi connectivity index (χ1) is 18.0. The summed E-state index contributed by atoms with van der Waals surface area (Å²) in [6.45, 7) is 2.05. The molecule has 4 N–H and O–H groups in total. The number of para-hydroxylation sites is 1. The third-order valence-electron chi connectivity index (χ3n) is 5.95. The molecule has 7 heteroatoms. The van der Waals surface area contributed by atoms with E-state index < -0.39 is 6.04 Å². The highest BCUT2D eigenvalue weighted by atomic mass is 16.5. The summed E-state index contributed by atoms with van der Waals surface area (Å²) < 4.78 is 5.69. The number of fused-ring (bicyclic) bond motifs is 1. The fraction of sp³-hybridized carbons (Fsp3) is 0.200. The van der Waals surface area contributed by atoms with E-state index in [1.165, 1.54) is 0 Å². The van der Waals surface area contributed by atoms with Gasteiger partial charge in [0.25, 0.3) is 11.8 Å². The molecule has 0 aliphatic carbocycles. The Kier molecular flexibility index (Phi) is 8.24. The molecule has 4 aromatic rings. The molecule has 1 aromatic heterocycles. The van der Waals surface area contributed by atoms with E-state index in [4.69, 9.17) is 4.74 Å². The minimum atomic E-state index is -0.477. The SMILES string of the molecule is CCOc1ccc(C#Cc2ccc(C(=O)NC)cc2)cc1C(=O)NC(CO)Cc1c[nH]c2ccccc12. The Balaban J connectivity index is 1.53. The number of aromatic nitrogens is 1. The molecular weight excluding hydrogens is 466 g/mol. The van der Waals surface area contributed by atoms with E-state index in [1.807, 2.05) is 37.4 Å². The number of rotatable bonds is 8. The van der Waals surface area contributed by atoms with Crippen molar-refractivity contribution in [3.05, 3.63) is 101 Å². The molecule has 37 heavy (non-hydrogen) atoms. The van der Waals surface area contributed by atoms with Crippen molar-refractivity contribution in [3.8, 4) is 17.6 Å². The van der Waals surface area contributed by atoms with Crippen molar-refractivity contribution < 1.29 is 19.4 Å². The van der Waals surface area contributed by atoms with Crippen LogP contribution in [0.2, 0.25) is 0 Å². The molecule has 0 bridgehead atoms.